The van der Waals surface area contributed by atoms with Crippen LogP contribution in [0.3, 0.4) is 0 Å². The maximum Gasteiger partial charge on any atom is 0.0221 e. The normalized spacial score (nSPS) is 21.8. The molecule has 2 aliphatic heterocycles. The first-order valence-electron chi connectivity index (χ1n) is 9.63. The number of nitrogens with zero attached hydrogens (tertiary/aromatic N) is 2. The van der Waals surface area contributed by atoms with Gasteiger partial charge < -0.3 is 10.2 Å². The Kier molecular flexibility index (Phi) is 9.11. The lowest BCUT2D eigenvalue weighted by Gasteiger charge is -2.35. The molecule has 0 bridgehead atoms. The van der Waals surface area contributed by atoms with E-state index in [1.807, 2.05) is 0 Å². The average molecular weight is 352 g/mol. The topological polar surface area (TPSA) is 18.5 Å². The monoisotopic (exact) mass is 351 g/mol. The van der Waals surface area contributed by atoms with E-state index in [9.17, 15) is 0 Å². The van der Waals surface area contributed by atoms with E-state index in [0.29, 0.717) is 0 Å². The van der Waals surface area contributed by atoms with Crippen LogP contribution in [0.4, 0.5) is 0 Å². The molecule has 1 N–H and O–H groups in total. The Labute approximate surface area is 154 Å². The van der Waals surface area contributed by atoms with Crippen molar-refractivity contribution in [3.8, 4) is 0 Å². The summed E-state index contributed by atoms with van der Waals surface area (Å²) in [4.78, 5) is 5.42. The van der Waals surface area contributed by atoms with Gasteiger partial charge in [-0.25, -0.2) is 0 Å². The van der Waals surface area contributed by atoms with Crippen molar-refractivity contribution in [3.05, 3.63) is 35.9 Å². The van der Waals surface area contributed by atoms with Crippen LogP contribution in [0.2, 0.25) is 0 Å². The van der Waals surface area contributed by atoms with Crippen LogP contribution in [0.5, 0.6) is 0 Å². The number of likely N-dealkylation sites (tertiary alicyclic amines) is 1. The highest BCUT2D eigenvalue weighted by molar-refractivity contribution is 5.85. The summed E-state index contributed by atoms with van der Waals surface area (Å²) in [6.07, 6.45) is 8.00. The Morgan fingerprint density at radius 3 is 2.54 bits per heavy atom. The van der Waals surface area contributed by atoms with Crippen LogP contribution in [0.15, 0.2) is 30.3 Å². The lowest BCUT2D eigenvalue weighted by molar-refractivity contribution is 0.145. The van der Waals surface area contributed by atoms with Gasteiger partial charge >= 0.3 is 0 Å². The van der Waals surface area contributed by atoms with Gasteiger partial charge in [0.15, 0.2) is 0 Å². The molecule has 0 saturated carbocycles. The molecule has 1 aromatic rings. The molecule has 1 aromatic carbocycles. The molecule has 2 fully saturated rings. The van der Waals surface area contributed by atoms with Gasteiger partial charge in [0.1, 0.15) is 0 Å². The molecule has 136 valence electrons. The molecule has 0 aromatic heterocycles. The average Bonchev–Trinajstić information content (AvgIpc) is 3.13. The number of rotatable bonds is 8. The van der Waals surface area contributed by atoms with Crippen LogP contribution in [-0.4, -0.2) is 61.7 Å². The highest BCUT2D eigenvalue weighted by Crippen LogP contribution is 2.14. The number of hydrogen-bond acceptors (Lipinski definition) is 3. The maximum absolute atomic E-state index is 3.60. The van der Waals surface area contributed by atoms with Gasteiger partial charge in [-0.2, -0.15) is 0 Å². The molecule has 1 atom stereocenters. The summed E-state index contributed by atoms with van der Waals surface area (Å²) in [5.41, 5.74) is 1.48. The third kappa shape index (κ3) is 6.36. The van der Waals surface area contributed by atoms with E-state index < -0.39 is 0 Å². The fourth-order valence-corrected chi connectivity index (χ4v) is 4.03. The fraction of sp³-hybridized carbons (Fsp3) is 0.700. The SMILES string of the molecule is Cl.c1ccc(CCCN(CCN2CCCC2)C2CCCNC2)cc1. The van der Waals surface area contributed by atoms with Gasteiger partial charge in [-0.05, 0) is 70.3 Å². The molecule has 3 nitrogen and oxygen atoms in total. The molecule has 2 aliphatic rings. The highest BCUT2D eigenvalue weighted by atomic mass is 35.5. The lowest BCUT2D eigenvalue weighted by atomic mass is 10.0. The Bertz CT molecular complexity index is 428. The first-order chi connectivity index (χ1) is 11.4. The summed E-state index contributed by atoms with van der Waals surface area (Å²) in [7, 11) is 0. The van der Waals surface area contributed by atoms with Gasteiger partial charge in [0.25, 0.3) is 0 Å². The second-order valence-corrected chi connectivity index (χ2v) is 7.17. The molecule has 0 aliphatic carbocycles. The molecule has 24 heavy (non-hydrogen) atoms. The fourth-order valence-electron chi connectivity index (χ4n) is 4.03. The van der Waals surface area contributed by atoms with E-state index in [2.05, 4.69) is 45.4 Å². The van der Waals surface area contributed by atoms with Crippen molar-refractivity contribution in [2.24, 2.45) is 0 Å². The number of halogens is 1. The highest BCUT2D eigenvalue weighted by Gasteiger charge is 2.21. The van der Waals surface area contributed by atoms with E-state index in [-0.39, 0.29) is 12.4 Å². The van der Waals surface area contributed by atoms with Crippen LogP contribution in [0, 0.1) is 0 Å². The number of hydrogen-bond donors (Lipinski definition) is 1. The molecular formula is C20H34ClN3. The zero-order valence-electron chi connectivity index (χ0n) is 15.0. The van der Waals surface area contributed by atoms with E-state index in [0.717, 1.165) is 6.04 Å². The van der Waals surface area contributed by atoms with Crippen molar-refractivity contribution in [2.45, 2.75) is 44.6 Å². The predicted molar refractivity (Wildman–Crippen MR) is 105 cm³/mol. The van der Waals surface area contributed by atoms with E-state index in [1.54, 1.807) is 0 Å². The molecule has 0 radical (unpaired) electrons. The number of benzene rings is 1. The van der Waals surface area contributed by atoms with Crippen molar-refractivity contribution in [3.63, 3.8) is 0 Å². The number of piperidine rings is 1. The second kappa shape index (κ2) is 11.1. The predicted octanol–water partition coefficient (Wildman–Crippen LogP) is 3.19. The first kappa shape index (κ1) is 19.7. The molecule has 4 heteroatoms. The number of nitrogens with one attached hydrogen (secondary N) is 1. The summed E-state index contributed by atoms with van der Waals surface area (Å²) in [6, 6.07) is 11.7. The quantitative estimate of drug-likeness (QED) is 0.776. The Morgan fingerprint density at radius 1 is 1.04 bits per heavy atom. The number of aryl methyl sites for hydroxylation is 1. The Hall–Kier alpha value is -0.610. The molecule has 1 unspecified atom stereocenters. The van der Waals surface area contributed by atoms with Crippen LogP contribution in [0.25, 0.3) is 0 Å². The Balaban J connectivity index is 0.00000208. The standard InChI is InChI=1S/C20H33N3.ClH/c1-2-8-19(9-3-1)10-7-15-23(20-11-6-12-21-18-20)17-16-22-13-4-5-14-22;/h1-3,8-9,20-21H,4-7,10-18H2;1H. The van der Waals surface area contributed by atoms with Gasteiger partial charge in [0.2, 0.25) is 0 Å². The largest absolute Gasteiger partial charge is 0.315 e. The van der Waals surface area contributed by atoms with Gasteiger partial charge in [0, 0.05) is 25.7 Å². The maximum atomic E-state index is 3.60. The summed E-state index contributed by atoms with van der Waals surface area (Å²) in [5, 5.41) is 3.60. The summed E-state index contributed by atoms with van der Waals surface area (Å²) < 4.78 is 0. The Morgan fingerprint density at radius 2 is 1.83 bits per heavy atom. The van der Waals surface area contributed by atoms with Crippen LogP contribution in [0.1, 0.15) is 37.7 Å². The van der Waals surface area contributed by atoms with Gasteiger partial charge in [0.05, 0.1) is 0 Å². The van der Waals surface area contributed by atoms with E-state index >= 15 is 0 Å². The zero-order chi connectivity index (χ0) is 15.7. The molecule has 2 heterocycles. The van der Waals surface area contributed by atoms with Crippen molar-refractivity contribution in [1.82, 2.24) is 15.1 Å². The van der Waals surface area contributed by atoms with Crippen molar-refractivity contribution in [2.75, 3.05) is 45.8 Å². The van der Waals surface area contributed by atoms with Crippen molar-refractivity contribution in [1.29, 1.82) is 0 Å². The minimum atomic E-state index is 0. The van der Waals surface area contributed by atoms with Crippen LogP contribution in [-0.2, 0) is 6.42 Å². The molecule has 0 spiro atoms. The third-order valence-corrected chi connectivity index (χ3v) is 5.44. The third-order valence-electron chi connectivity index (χ3n) is 5.44. The van der Waals surface area contributed by atoms with E-state index in [1.165, 1.54) is 89.9 Å². The van der Waals surface area contributed by atoms with Crippen molar-refractivity contribution < 1.29 is 0 Å². The molecule has 2 saturated heterocycles. The summed E-state index contributed by atoms with van der Waals surface area (Å²) in [5.74, 6) is 0. The summed E-state index contributed by atoms with van der Waals surface area (Å²) >= 11 is 0. The van der Waals surface area contributed by atoms with Gasteiger partial charge in [-0.15, -0.1) is 12.4 Å². The first-order valence-corrected chi connectivity index (χ1v) is 9.63. The smallest absolute Gasteiger partial charge is 0.0221 e. The molecule has 3 rings (SSSR count). The molecular weight excluding hydrogens is 318 g/mol. The van der Waals surface area contributed by atoms with Crippen LogP contribution < -0.4 is 5.32 Å². The van der Waals surface area contributed by atoms with Gasteiger partial charge in [-0.1, -0.05) is 30.3 Å². The van der Waals surface area contributed by atoms with Crippen LogP contribution >= 0.6 is 12.4 Å². The minimum absolute atomic E-state index is 0. The zero-order valence-corrected chi connectivity index (χ0v) is 15.8. The second-order valence-electron chi connectivity index (χ2n) is 7.17. The van der Waals surface area contributed by atoms with Gasteiger partial charge in [-0.3, -0.25) is 4.90 Å². The van der Waals surface area contributed by atoms with E-state index in [4.69, 9.17) is 0 Å². The lowest BCUT2D eigenvalue weighted by Crippen LogP contribution is -2.48. The van der Waals surface area contributed by atoms with Crippen molar-refractivity contribution >= 4 is 12.4 Å². The molecule has 0 amide bonds. The summed E-state index contributed by atoms with van der Waals surface area (Å²) in [6.45, 7) is 8.80. The minimum Gasteiger partial charge on any atom is -0.315 e.